The number of hydrogen-bond donors (Lipinski definition) is 6. The molecule has 0 aliphatic heterocycles. The van der Waals surface area contributed by atoms with Gasteiger partial charge in [0.15, 0.2) is 5.75 Å². The molecule has 25 heteroatoms. The average Bonchev–Trinajstić information content (AvgIpc) is 3.26. The number of azo groups is 3. The number of benzene rings is 7. The molecule has 0 aliphatic rings. The molecule has 0 amide bonds. The van der Waals surface area contributed by atoms with E-state index in [0.29, 0.717) is 39.5 Å². The van der Waals surface area contributed by atoms with Crippen molar-refractivity contribution in [2.45, 2.75) is 41.9 Å². The van der Waals surface area contributed by atoms with Gasteiger partial charge in [-0.25, -0.2) is 0 Å². The number of aryl methyl sites for hydroxylation is 3. The van der Waals surface area contributed by atoms with Crippen LogP contribution in [0.4, 0.5) is 45.5 Å². The molecule has 7 rings (SSSR count). The van der Waals surface area contributed by atoms with Gasteiger partial charge in [0.2, 0.25) is 0 Å². The summed E-state index contributed by atoms with van der Waals surface area (Å²) in [5.74, 6) is -1.07. The third kappa shape index (κ3) is 12.1. The number of rotatable bonds is 16. The summed E-state index contributed by atoms with van der Waals surface area (Å²) >= 11 is 0. The first-order chi connectivity index (χ1) is 32.3. The Balaban J connectivity index is 1.18. The Bertz CT molecular complexity index is 3760. The van der Waals surface area contributed by atoms with Gasteiger partial charge >= 0.3 is 0 Å². The molecule has 0 atom stereocenters. The van der Waals surface area contributed by atoms with E-state index < -0.39 is 72.3 Å². The summed E-state index contributed by atoms with van der Waals surface area (Å²) in [5, 5.41) is 40.4. The van der Waals surface area contributed by atoms with Crippen LogP contribution in [0.2, 0.25) is 0 Å². The minimum atomic E-state index is -4.92. The Kier molecular flexibility index (Phi) is 14.1. The number of anilines is 2. The molecule has 0 bridgehead atoms. The van der Waals surface area contributed by atoms with Gasteiger partial charge in [-0.15, -0.1) is 10.2 Å². The molecule has 0 radical (unpaired) electrons. The topological polar surface area (TPSA) is 333 Å². The Morgan fingerprint density at radius 3 is 1.71 bits per heavy atom. The number of aromatic hydroxyl groups is 1. The van der Waals surface area contributed by atoms with Gasteiger partial charge in [0, 0.05) is 28.2 Å². The largest absolute Gasteiger partial charge is 0.505 e. The third-order valence-corrected chi connectivity index (χ3v) is 13.6. The van der Waals surface area contributed by atoms with Crippen LogP contribution in [0.3, 0.4) is 0 Å². The van der Waals surface area contributed by atoms with Crippen LogP contribution in [-0.4, -0.2) is 69.3 Å². The predicted octanol–water partition coefficient (Wildman–Crippen LogP) is 11.0. The molecule has 0 spiro atoms. The SMILES string of the molecule is Cc1cc(N=Nc2cc(C)c(N=Nc3c(S(=O)(=O)O)cc4cc(Nc5ccccc5)ccc4c3O)cc2C)c(OCCCS(=O)(=O)O)cc1N=Nc1ccc2c(S(=O)(=O)O)cc(S(=O)(=O)O)cc2c1. The van der Waals surface area contributed by atoms with Crippen molar-refractivity contribution in [3.63, 3.8) is 0 Å². The average molecular weight is 1020 g/mol. The lowest BCUT2D eigenvalue weighted by molar-refractivity contribution is 0.317. The lowest BCUT2D eigenvalue weighted by Gasteiger charge is -2.12. The quantitative estimate of drug-likeness (QED) is 0.0298. The maximum atomic E-state index is 12.6. The van der Waals surface area contributed by atoms with Crippen molar-refractivity contribution in [3.05, 3.63) is 126 Å². The Morgan fingerprint density at radius 1 is 0.522 bits per heavy atom. The molecule has 0 aliphatic carbocycles. The van der Waals surface area contributed by atoms with Crippen molar-refractivity contribution < 1.29 is 61.7 Å². The lowest BCUT2D eigenvalue weighted by atomic mass is 10.1. The number of para-hydroxylation sites is 1. The second kappa shape index (κ2) is 19.5. The maximum Gasteiger partial charge on any atom is 0.296 e. The van der Waals surface area contributed by atoms with Crippen molar-refractivity contribution in [1.82, 2.24) is 0 Å². The summed E-state index contributed by atoms with van der Waals surface area (Å²) in [5.41, 5.74) is 3.45. The first-order valence-corrected chi connectivity index (χ1v) is 26.0. The fraction of sp³-hybridized carbons (Fsp3) is 0.136. The van der Waals surface area contributed by atoms with E-state index in [9.17, 15) is 57.0 Å². The number of nitrogens with zero attached hydrogens (tertiary/aromatic N) is 6. The van der Waals surface area contributed by atoms with Crippen LogP contribution in [0.15, 0.2) is 155 Å². The second-order valence-corrected chi connectivity index (χ2v) is 21.1. The molecule has 21 nitrogen and oxygen atoms in total. The normalized spacial score (nSPS) is 12.8. The van der Waals surface area contributed by atoms with Crippen LogP contribution in [0.25, 0.3) is 21.5 Å². The molecule has 0 unspecified atom stereocenters. The fourth-order valence-corrected chi connectivity index (χ4v) is 9.34. The molecule has 7 aromatic rings. The van der Waals surface area contributed by atoms with E-state index in [1.165, 1.54) is 30.3 Å². The van der Waals surface area contributed by atoms with Gasteiger partial charge in [0.25, 0.3) is 40.5 Å². The molecule has 69 heavy (non-hydrogen) atoms. The first-order valence-electron chi connectivity index (χ1n) is 20.1. The molecular formula is C44H39N7O14S4. The van der Waals surface area contributed by atoms with E-state index in [2.05, 4.69) is 36.0 Å². The molecule has 7 aromatic carbocycles. The highest BCUT2D eigenvalue weighted by atomic mass is 32.2. The van der Waals surface area contributed by atoms with Gasteiger partial charge in [-0.05, 0) is 134 Å². The molecule has 0 saturated carbocycles. The van der Waals surface area contributed by atoms with Crippen molar-refractivity contribution >= 4 is 108 Å². The van der Waals surface area contributed by atoms with Crippen LogP contribution in [-0.2, 0) is 40.5 Å². The van der Waals surface area contributed by atoms with Gasteiger partial charge in [-0.1, -0.05) is 24.3 Å². The van der Waals surface area contributed by atoms with Crippen LogP contribution >= 0.6 is 0 Å². The Hall–Kier alpha value is -7.10. The van der Waals surface area contributed by atoms with Crippen molar-refractivity contribution in [2.24, 2.45) is 30.7 Å². The summed E-state index contributed by atoms with van der Waals surface area (Å²) in [6.45, 7) is 4.81. The molecule has 6 N–H and O–H groups in total. The van der Waals surface area contributed by atoms with Crippen LogP contribution < -0.4 is 10.1 Å². The summed E-state index contributed by atoms with van der Waals surface area (Å²) in [4.78, 5) is -2.22. The smallest absolute Gasteiger partial charge is 0.296 e. The van der Waals surface area contributed by atoms with E-state index in [1.54, 1.807) is 57.2 Å². The maximum absolute atomic E-state index is 12.6. The Labute approximate surface area is 395 Å². The predicted molar refractivity (Wildman–Crippen MR) is 255 cm³/mol. The van der Waals surface area contributed by atoms with E-state index >= 15 is 0 Å². The summed E-state index contributed by atoms with van der Waals surface area (Å²) in [7, 11) is -19.0. The third-order valence-electron chi connectivity index (χ3n) is 10.2. The first kappa shape index (κ1) is 49.8. The van der Waals surface area contributed by atoms with Crippen LogP contribution in [0.5, 0.6) is 11.5 Å². The van der Waals surface area contributed by atoms with E-state index in [4.69, 9.17) is 4.74 Å². The zero-order valence-corrected chi connectivity index (χ0v) is 39.5. The van der Waals surface area contributed by atoms with E-state index in [-0.39, 0.29) is 57.7 Å². The lowest BCUT2D eigenvalue weighted by Crippen LogP contribution is -2.08. The number of ether oxygens (including phenoxy) is 1. The van der Waals surface area contributed by atoms with Gasteiger partial charge in [0.1, 0.15) is 26.9 Å². The standard InChI is InChI=1S/C44H39N7O14S4/c1-25-17-37(49-51-43-42(69(62,63)64)22-29-19-31(10-13-35(29)44(43)52)45-30-8-5-4-6-9-30)26(2)16-36(25)48-50-39-18-27(3)38(24-40(39)65-14-7-15-66(53,54)55)47-46-32-11-12-34-28(20-32)21-33(67(56,57)58)23-41(34)68(59,60)61/h4-6,8-13,16-24,45,52H,7,14-15H2,1-3H3,(H,53,54,55)(H,56,57,58)(H,59,60,61)(H,62,63,64). The summed E-state index contributed by atoms with van der Waals surface area (Å²) in [6.07, 6.45) is -0.113. The monoisotopic (exact) mass is 1020 g/mol. The zero-order valence-electron chi connectivity index (χ0n) is 36.2. The van der Waals surface area contributed by atoms with E-state index in [0.717, 1.165) is 11.8 Å². The van der Waals surface area contributed by atoms with E-state index in [1.807, 2.05) is 30.3 Å². The molecule has 0 fully saturated rings. The van der Waals surface area contributed by atoms with Crippen LogP contribution in [0, 0.1) is 20.8 Å². The number of phenolic OH excluding ortho intramolecular Hbond substituents is 1. The van der Waals surface area contributed by atoms with Crippen LogP contribution in [0.1, 0.15) is 23.1 Å². The summed E-state index contributed by atoms with van der Waals surface area (Å²) < 4.78 is 140. The van der Waals surface area contributed by atoms with Crippen molar-refractivity contribution in [1.29, 1.82) is 0 Å². The highest BCUT2D eigenvalue weighted by molar-refractivity contribution is 7.87. The van der Waals surface area contributed by atoms with Gasteiger partial charge in [-0.3, -0.25) is 18.2 Å². The number of phenols is 1. The minimum Gasteiger partial charge on any atom is -0.505 e. The van der Waals surface area contributed by atoms with Crippen molar-refractivity contribution in [2.75, 3.05) is 17.7 Å². The minimum absolute atomic E-state index is 0.0201. The number of nitrogens with one attached hydrogen (secondary N) is 1. The summed E-state index contributed by atoms with van der Waals surface area (Å²) in [6, 6.07) is 26.9. The highest BCUT2D eigenvalue weighted by Gasteiger charge is 2.24. The Morgan fingerprint density at radius 2 is 1.09 bits per heavy atom. The fourth-order valence-electron chi connectivity index (χ4n) is 6.84. The van der Waals surface area contributed by atoms with Gasteiger partial charge in [0.05, 0.1) is 40.0 Å². The number of fused-ring (bicyclic) bond motifs is 2. The molecule has 0 aromatic heterocycles. The molecule has 0 saturated heterocycles. The van der Waals surface area contributed by atoms with Gasteiger partial charge in [-0.2, -0.15) is 54.1 Å². The highest BCUT2D eigenvalue weighted by Crippen LogP contribution is 2.43. The molecular weight excluding hydrogens is 979 g/mol. The molecule has 0 heterocycles. The zero-order chi connectivity index (χ0) is 50.1. The van der Waals surface area contributed by atoms with Gasteiger partial charge < -0.3 is 15.2 Å². The second-order valence-electron chi connectivity index (χ2n) is 15.4. The molecule has 358 valence electrons. The van der Waals surface area contributed by atoms with Crippen molar-refractivity contribution in [3.8, 4) is 11.5 Å². The number of hydrogen-bond acceptors (Lipinski definition) is 17.